The molecule has 134 valence electrons. The molecule has 0 aliphatic carbocycles. The number of H-pyrrole nitrogens is 1. The number of aromatic nitrogens is 2. The van der Waals surface area contributed by atoms with Crippen molar-refractivity contribution in [3.8, 4) is 5.75 Å². The number of anilines is 1. The fraction of sp³-hybridized carbons (Fsp3) is 0.444. The van der Waals surface area contributed by atoms with Crippen LogP contribution in [0.4, 0.5) is 5.69 Å². The molecular weight excluding hydrogens is 318 g/mol. The summed E-state index contributed by atoms with van der Waals surface area (Å²) in [5, 5.41) is 13.4. The lowest BCUT2D eigenvalue weighted by Gasteiger charge is -2.16. The van der Waals surface area contributed by atoms with Crippen molar-refractivity contribution in [2.45, 2.75) is 19.9 Å². The fourth-order valence-electron chi connectivity index (χ4n) is 2.78. The van der Waals surface area contributed by atoms with Gasteiger partial charge >= 0.3 is 0 Å². The average Bonchev–Trinajstić information content (AvgIpc) is 3.01. The number of ether oxygens (including phenoxy) is 1. The summed E-state index contributed by atoms with van der Waals surface area (Å²) in [5.41, 5.74) is 4.18. The molecule has 2 heterocycles. The summed E-state index contributed by atoms with van der Waals surface area (Å²) < 4.78 is 5.86. The van der Waals surface area contributed by atoms with E-state index in [-0.39, 0.29) is 5.91 Å². The normalized spacial score (nSPS) is 13.6. The molecule has 0 unspecified atom stereocenters. The summed E-state index contributed by atoms with van der Waals surface area (Å²) in [6.45, 7) is 4.92. The van der Waals surface area contributed by atoms with E-state index >= 15 is 0 Å². The van der Waals surface area contributed by atoms with E-state index in [9.17, 15) is 4.79 Å². The first-order valence-corrected chi connectivity index (χ1v) is 8.51. The highest BCUT2D eigenvalue weighted by atomic mass is 16.5. The van der Waals surface area contributed by atoms with Crippen molar-refractivity contribution in [3.63, 3.8) is 0 Å². The second-order valence-corrected chi connectivity index (χ2v) is 6.56. The van der Waals surface area contributed by atoms with Crippen LogP contribution in [-0.2, 0) is 13.0 Å². The van der Waals surface area contributed by atoms with Crippen LogP contribution in [0.3, 0.4) is 0 Å². The molecule has 0 atom stereocenters. The lowest BCUT2D eigenvalue weighted by Crippen LogP contribution is -2.25. The van der Waals surface area contributed by atoms with Crippen molar-refractivity contribution in [1.82, 2.24) is 20.4 Å². The minimum absolute atomic E-state index is 0.220. The molecule has 0 fully saturated rings. The number of aromatic amines is 1. The molecule has 0 saturated carbocycles. The van der Waals surface area contributed by atoms with Crippen molar-refractivity contribution in [1.29, 1.82) is 0 Å². The maximum atomic E-state index is 12.7. The lowest BCUT2D eigenvalue weighted by molar-refractivity contribution is 0.102. The number of benzene rings is 1. The number of fused-ring (bicyclic) bond motifs is 1. The highest BCUT2D eigenvalue weighted by Crippen LogP contribution is 2.27. The summed E-state index contributed by atoms with van der Waals surface area (Å²) in [6, 6.07) is 5.76. The third kappa shape index (κ3) is 4.18. The van der Waals surface area contributed by atoms with E-state index < -0.39 is 0 Å². The van der Waals surface area contributed by atoms with Crippen LogP contribution in [0.1, 0.15) is 27.3 Å². The number of carbonyl (C=O) groups is 1. The topological polar surface area (TPSA) is 82.3 Å². The van der Waals surface area contributed by atoms with Crippen LogP contribution < -0.4 is 15.4 Å². The predicted molar refractivity (Wildman–Crippen MR) is 97.2 cm³/mol. The minimum Gasteiger partial charge on any atom is -0.490 e. The number of nitrogens with one attached hydrogen (secondary N) is 3. The first-order valence-electron chi connectivity index (χ1n) is 8.51. The molecule has 0 spiro atoms. The first kappa shape index (κ1) is 17.4. The molecule has 0 radical (unpaired) electrons. The third-order valence-corrected chi connectivity index (χ3v) is 4.20. The molecular formula is C18H25N5O2. The van der Waals surface area contributed by atoms with Crippen LogP contribution >= 0.6 is 0 Å². The predicted octanol–water partition coefficient (Wildman–Crippen LogP) is 1.56. The summed E-state index contributed by atoms with van der Waals surface area (Å²) >= 11 is 0. The maximum Gasteiger partial charge on any atom is 0.276 e. The van der Waals surface area contributed by atoms with Gasteiger partial charge in [0.15, 0.2) is 5.69 Å². The lowest BCUT2D eigenvalue weighted by atomic mass is 10.1. The van der Waals surface area contributed by atoms with Gasteiger partial charge in [0, 0.05) is 37.3 Å². The van der Waals surface area contributed by atoms with Gasteiger partial charge in [-0.2, -0.15) is 5.10 Å². The van der Waals surface area contributed by atoms with Crippen LogP contribution in [-0.4, -0.2) is 54.8 Å². The molecule has 1 aromatic heterocycles. The van der Waals surface area contributed by atoms with Crippen LogP contribution in [0.15, 0.2) is 18.2 Å². The van der Waals surface area contributed by atoms with Gasteiger partial charge in [-0.25, -0.2) is 0 Å². The molecule has 7 nitrogen and oxygen atoms in total. The standard InChI is InChI=1S/C18H25N5O2/c1-12-4-5-15(16(10-12)25-9-8-23(2)3)20-18(24)17-13-11-19-7-6-14(13)21-22-17/h4-5,10,19H,6-9,11H2,1-3H3,(H,20,24)(H,21,22). The Hall–Kier alpha value is -2.38. The molecule has 3 rings (SSSR count). The van der Waals surface area contributed by atoms with Gasteiger partial charge in [0.25, 0.3) is 5.91 Å². The highest BCUT2D eigenvalue weighted by molar-refractivity contribution is 6.04. The van der Waals surface area contributed by atoms with Gasteiger partial charge in [0.2, 0.25) is 0 Å². The Morgan fingerprint density at radius 3 is 3.04 bits per heavy atom. The number of nitrogens with zero attached hydrogens (tertiary/aromatic N) is 2. The van der Waals surface area contributed by atoms with Crippen LogP contribution in [0.25, 0.3) is 0 Å². The molecule has 1 aromatic carbocycles. The Morgan fingerprint density at radius 1 is 1.40 bits per heavy atom. The summed E-state index contributed by atoms with van der Waals surface area (Å²) in [6.07, 6.45) is 0.860. The molecule has 2 aromatic rings. The molecule has 7 heteroatoms. The van der Waals surface area contributed by atoms with E-state index in [2.05, 4.69) is 25.7 Å². The van der Waals surface area contributed by atoms with Gasteiger partial charge in [-0.1, -0.05) is 6.07 Å². The van der Waals surface area contributed by atoms with Gasteiger partial charge in [-0.3, -0.25) is 9.89 Å². The second kappa shape index (κ2) is 7.67. The largest absolute Gasteiger partial charge is 0.490 e. The van der Waals surface area contributed by atoms with E-state index in [4.69, 9.17) is 4.74 Å². The number of rotatable bonds is 6. The molecule has 1 aliphatic heterocycles. The summed E-state index contributed by atoms with van der Waals surface area (Å²) in [4.78, 5) is 14.7. The van der Waals surface area contributed by atoms with Crippen LogP contribution in [0.5, 0.6) is 5.75 Å². The van der Waals surface area contributed by atoms with Crippen molar-refractivity contribution in [3.05, 3.63) is 40.7 Å². The Balaban J connectivity index is 1.75. The van der Waals surface area contributed by atoms with Crippen molar-refractivity contribution in [2.75, 3.05) is 39.1 Å². The Kier molecular flexibility index (Phi) is 5.35. The van der Waals surface area contributed by atoms with Crippen LogP contribution in [0.2, 0.25) is 0 Å². The van der Waals surface area contributed by atoms with Crippen LogP contribution in [0, 0.1) is 6.92 Å². The van der Waals surface area contributed by atoms with Gasteiger partial charge in [-0.15, -0.1) is 0 Å². The van der Waals surface area contributed by atoms with Crippen molar-refractivity contribution >= 4 is 11.6 Å². The average molecular weight is 343 g/mol. The molecule has 0 bridgehead atoms. The number of aryl methyl sites for hydroxylation is 1. The number of hydrogen-bond acceptors (Lipinski definition) is 5. The Labute approximate surface area is 147 Å². The molecule has 3 N–H and O–H groups in total. The molecule has 1 aliphatic rings. The van der Waals surface area contributed by atoms with Gasteiger partial charge in [-0.05, 0) is 38.7 Å². The fourth-order valence-corrected chi connectivity index (χ4v) is 2.78. The number of amides is 1. The van der Waals surface area contributed by atoms with Gasteiger partial charge in [0.1, 0.15) is 12.4 Å². The highest BCUT2D eigenvalue weighted by Gasteiger charge is 2.22. The smallest absolute Gasteiger partial charge is 0.276 e. The van der Waals surface area contributed by atoms with E-state index in [1.54, 1.807) is 0 Å². The van der Waals surface area contributed by atoms with Gasteiger partial charge < -0.3 is 20.3 Å². The van der Waals surface area contributed by atoms with Gasteiger partial charge in [0.05, 0.1) is 5.69 Å². The van der Waals surface area contributed by atoms with E-state index in [1.807, 2.05) is 39.2 Å². The molecule has 0 saturated heterocycles. The molecule has 25 heavy (non-hydrogen) atoms. The maximum absolute atomic E-state index is 12.7. The Bertz CT molecular complexity index is 754. The monoisotopic (exact) mass is 343 g/mol. The van der Waals surface area contributed by atoms with E-state index in [0.717, 1.165) is 36.3 Å². The number of likely N-dealkylation sites (N-methyl/N-ethyl adjacent to an activating group) is 1. The van der Waals surface area contributed by atoms with Crippen molar-refractivity contribution in [2.24, 2.45) is 0 Å². The third-order valence-electron chi connectivity index (χ3n) is 4.20. The Morgan fingerprint density at radius 2 is 2.24 bits per heavy atom. The zero-order chi connectivity index (χ0) is 17.8. The van der Waals surface area contributed by atoms with E-state index in [1.165, 1.54) is 0 Å². The zero-order valence-electron chi connectivity index (χ0n) is 15.0. The summed E-state index contributed by atoms with van der Waals surface area (Å²) in [5.74, 6) is 0.459. The minimum atomic E-state index is -0.220. The molecule has 1 amide bonds. The van der Waals surface area contributed by atoms with Crippen molar-refractivity contribution < 1.29 is 9.53 Å². The number of carbonyl (C=O) groups excluding carboxylic acids is 1. The van der Waals surface area contributed by atoms with E-state index in [0.29, 0.717) is 30.3 Å². The second-order valence-electron chi connectivity index (χ2n) is 6.56. The number of hydrogen-bond donors (Lipinski definition) is 3. The SMILES string of the molecule is Cc1ccc(NC(=O)c2n[nH]c3c2CNCC3)c(OCCN(C)C)c1. The zero-order valence-corrected chi connectivity index (χ0v) is 15.0. The quantitative estimate of drug-likeness (QED) is 0.741. The first-order chi connectivity index (χ1) is 12.0. The summed E-state index contributed by atoms with van der Waals surface area (Å²) in [7, 11) is 3.99.